The van der Waals surface area contributed by atoms with Gasteiger partial charge in [-0.2, -0.15) is 0 Å². The Bertz CT molecular complexity index is 735. The number of aryl methyl sites for hydroxylation is 1. The van der Waals surface area contributed by atoms with Crippen LogP contribution in [0.2, 0.25) is 0 Å². The van der Waals surface area contributed by atoms with Gasteiger partial charge in [0, 0.05) is 64.4 Å². The molecule has 27 heavy (non-hydrogen) atoms. The summed E-state index contributed by atoms with van der Waals surface area (Å²) >= 11 is 1.74. The van der Waals surface area contributed by atoms with Gasteiger partial charge in [0.05, 0.1) is 10.7 Å². The van der Waals surface area contributed by atoms with Crippen LogP contribution in [0.4, 0.5) is 10.5 Å². The molecule has 146 valence electrons. The van der Waals surface area contributed by atoms with E-state index in [-0.39, 0.29) is 6.03 Å². The second-order valence-electron chi connectivity index (χ2n) is 7.07. The van der Waals surface area contributed by atoms with E-state index in [1.165, 1.54) is 5.01 Å². The molecular formula is C20H29N5OS. The number of nitrogens with one attached hydrogen (secondary N) is 1. The van der Waals surface area contributed by atoms with Gasteiger partial charge in [0.1, 0.15) is 0 Å². The summed E-state index contributed by atoms with van der Waals surface area (Å²) in [6.07, 6.45) is 0.997. The zero-order valence-corrected chi connectivity index (χ0v) is 17.3. The first-order valence-electron chi connectivity index (χ1n) is 9.50. The molecule has 0 atom stereocenters. The maximum atomic E-state index is 12.4. The van der Waals surface area contributed by atoms with Crippen LogP contribution in [0, 0.1) is 0 Å². The van der Waals surface area contributed by atoms with Crippen molar-refractivity contribution < 1.29 is 4.79 Å². The maximum Gasteiger partial charge on any atom is 0.317 e. The fourth-order valence-corrected chi connectivity index (χ4v) is 3.86. The summed E-state index contributed by atoms with van der Waals surface area (Å²) in [5, 5.41) is 6.39. The minimum atomic E-state index is 0.0215. The highest BCUT2D eigenvalue weighted by molar-refractivity contribution is 7.09. The van der Waals surface area contributed by atoms with Crippen LogP contribution in [0.3, 0.4) is 0 Å². The fourth-order valence-electron chi connectivity index (χ4n) is 3.12. The number of aromatic nitrogens is 1. The number of benzene rings is 1. The molecule has 0 unspecified atom stereocenters. The Morgan fingerprint density at radius 2 is 1.89 bits per heavy atom. The monoisotopic (exact) mass is 387 g/mol. The smallest absolute Gasteiger partial charge is 0.317 e. The van der Waals surface area contributed by atoms with Gasteiger partial charge < -0.3 is 15.1 Å². The highest BCUT2D eigenvalue weighted by Crippen LogP contribution is 2.14. The Kier molecular flexibility index (Phi) is 6.68. The molecule has 1 aliphatic heterocycles. The molecule has 7 heteroatoms. The van der Waals surface area contributed by atoms with Gasteiger partial charge in [0.2, 0.25) is 0 Å². The lowest BCUT2D eigenvalue weighted by Gasteiger charge is -2.34. The number of hydrogen-bond acceptors (Lipinski definition) is 5. The number of rotatable bonds is 6. The molecule has 1 aromatic heterocycles. The molecule has 1 N–H and O–H groups in total. The predicted octanol–water partition coefficient (Wildman–Crippen LogP) is 2.80. The first kappa shape index (κ1) is 19.6. The lowest BCUT2D eigenvalue weighted by molar-refractivity contribution is 0.134. The standard InChI is InChI=1S/C20H29N5OS/c1-4-19-22-17(15-27-19)14-24-9-11-25(12-10-24)20(26)21-13-16-5-7-18(8-6-16)23(2)3/h5-8,15H,4,9-14H2,1-3H3,(H,21,26). The normalized spacial score (nSPS) is 15.0. The van der Waals surface area contributed by atoms with Gasteiger partial charge in [-0.15, -0.1) is 11.3 Å². The summed E-state index contributed by atoms with van der Waals surface area (Å²) in [5.74, 6) is 0. The molecule has 2 heterocycles. The number of hydrogen-bond donors (Lipinski definition) is 1. The summed E-state index contributed by atoms with van der Waals surface area (Å²) in [6, 6.07) is 8.29. The van der Waals surface area contributed by atoms with Crippen molar-refractivity contribution in [1.82, 2.24) is 20.1 Å². The molecule has 3 rings (SSSR count). The highest BCUT2D eigenvalue weighted by atomic mass is 32.1. The molecule has 0 bridgehead atoms. The molecule has 0 radical (unpaired) electrons. The minimum absolute atomic E-state index is 0.0215. The van der Waals surface area contributed by atoms with Crippen molar-refractivity contribution in [1.29, 1.82) is 0 Å². The lowest BCUT2D eigenvalue weighted by Crippen LogP contribution is -2.51. The molecule has 1 aromatic carbocycles. The van der Waals surface area contributed by atoms with Crippen LogP contribution in [0.5, 0.6) is 0 Å². The molecular weight excluding hydrogens is 358 g/mol. The summed E-state index contributed by atoms with van der Waals surface area (Å²) in [7, 11) is 4.04. The van der Waals surface area contributed by atoms with Gasteiger partial charge in [-0.1, -0.05) is 19.1 Å². The first-order chi connectivity index (χ1) is 13.0. The van der Waals surface area contributed by atoms with E-state index < -0.39 is 0 Å². The zero-order valence-electron chi connectivity index (χ0n) is 16.4. The lowest BCUT2D eigenvalue weighted by atomic mass is 10.2. The van der Waals surface area contributed by atoms with Crippen LogP contribution in [0.15, 0.2) is 29.6 Å². The summed E-state index contributed by atoms with van der Waals surface area (Å²) in [5.41, 5.74) is 3.42. The van der Waals surface area contributed by atoms with E-state index in [2.05, 4.69) is 56.7 Å². The van der Waals surface area contributed by atoms with Crippen LogP contribution in [-0.2, 0) is 19.5 Å². The van der Waals surface area contributed by atoms with Crippen molar-refractivity contribution in [2.45, 2.75) is 26.4 Å². The van der Waals surface area contributed by atoms with Gasteiger partial charge >= 0.3 is 6.03 Å². The third-order valence-corrected chi connectivity index (χ3v) is 5.89. The van der Waals surface area contributed by atoms with E-state index in [9.17, 15) is 4.79 Å². The number of carbonyl (C=O) groups excluding carboxylic acids is 1. The van der Waals surface area contributed by atoms with Gasteiger partial charge in [0.25, 0.3) is 0 Å². The van der Waals surface area contributed by atoms with Gasteiger partial charge in [0.15, 0.2) is 0 Å². The Hall–Kier alpha value is -2.12. The molecule has 6 nitrogen and oxygen atoms in total. The molecule has 1 fully saturated rings. The van der Waals surface area contributed by atoms with Crippen molar-refractivity contribution >= 4 is 23.1 Å². The van der Waals surface area contributed by atoms with Crippen LogP contribution < -0.4 is 10.2 Å². The SMILES string of the molecule is CCc1nc(CN2CCN(C(=O)NCc3ccc(N(C)C)cc3)CC2)cs1. The predicted molar refractivity (Wildman–Crippen MR) is 111 cm³/mol. The number of nitrogens with zero attached hydrogens (tertiary/aromatic N) is 4. The number of piperazine rings is 1. The molecule has 0 spiro atoms. The van der Waals surface area contributed by atoms with Gasteiger partial charge in [-0.25, -0.2) is 9.78 Å². The second kappa shape index (κ2) is 9.19. The molecule has 1 aliphatic rings. The third-order valence-electron chi connectivity index (χ3n) is 4.84. The largest absolute Gasteiger partial charge is 0.378 e. The van der Waals surface area contributed by atoms with E-state index in [0.29, 0.717) is 6.54 Å². The van der Waals surface area contributed by atoms with Crippen molar-refractivity contribution in [3.63, 3.8) is 0 Å². The molecule has 0 aliphatic carbocycles. The molecule has 2 aromatic rings. The van der Waals surface area contributed by atoms with E-state index in [4.69, 9.17) is 0 Å². The second-order valence-corrected chi connectivity index (χ2v) is 8.01. The average Bonchev–Trinajstić information content (AvgIpc) is 3.14. The van der Waals surface area contributed by atoms with E-state index in [1.807, 2.05) is 19.0 Å². The fraction of sp³-hybridized carbons (Fsp3) is 0.500. The number of thiazole rings is 1. The number of anilines is 1. The van der Waals surface area contributed by atoms with Crippen LogP contribution in [0.25, 0.3) is 0 Å². The van der Waals surface area contributed by atoms with Gasteiger partial charge in [-0.3, -0.25) is 4.90 Å². The molecule has 0 saturated carbocycles. The molecule has 1 saturated heterocycles. The van der Waals surface area contributed by atoms with Crippen molar-refractivity contribution in [2.75, 3.05) is 45.2 Å². The Morgan fingerprint density at radius 1 is 1.19 bits per heavy atom. The third kappa shape index (κ3) is 5.43. The van der Waals surface area contributed by atoms with Crippen molar-refractivity contribution in [2.24, 2.45) is 0 Å². The topological polar surface area (TPSA) is 51.7 Å². The van der Waals surface area contributed by atoms with Crippen molar-refractivity contribution in [3.05, 3.63) is 45.9 Å². The number of urea groups is 1. The Balaban J connectivity index is 1.41. The molecule has 2 amide bonds. The maximum absolute atomic E-state index is 12.4. The quantitative estimate of drug-likeness (QED) is 0.828. The first-order valence-corrected chi connectivity index (χ1v) is 10.4. The minimum Gasteiger partial charge on any atom is -0.378 e. The van der Waals surface area contributed by atoms with Crippen LogP contribution in [-0.4, -0.2) is 61.1 Å². The van der Waals surface area contributed by atoms with Crippen LogP contribution in [0.1, 0.15) is 23.2 Å². The highest BCUT2D eigenvalue weighted by Gasteiger charge is 2.21. The Labute approximate surface area is 165 Å². The zero-order chi connectivity index (χ0) is 19.2. The van der Waals surface area contributed by atoms with Crippen LogP contribution >= 0.6 is 11.3 Å². The summed E-state index contributed by atoms with van der Waals surface area (Å²) in [6.45, 7) is 6.88. The van der Waals surface area contributed by atoms with Gasteiger partial charge in [-0.05, 0) is 24.1 Å². The average molecular weight is 388 g/mol. The number of amides is 2. The van der Waals surface area contributed by atoms with E-state index in [0.717, 1.165) is 56.1 Å². The van der Waals surface area contributed by atoms with Crippen molar-refractivity contribution in [3.8, 4) is 0 Å². The van der Waals surface area contributed by atoms with E-state index in [1.54, 1.807) is 11.3 Å². The summed E-state index contributed by atoms with van der Waals surface area (Å²) in [4.78, 5) is 23.4. The summed E-state index contributed by atoms with van der Waals surface area (Å²) < 4.78 is 0. The number of carbonyl (C=O) groups is 1. The van der Waals surface area contributed by atoms with E-state index >= 15 is 0 Å². The Morgan fingerprint density at radius 3 is 2.48 bits per heavy atom.